The maximum Gasteiger partial charge on any atom is 0.323 e. The van der Waals surface area contributed by atoms with E-state index in [2.05, 4.69) is 4.98 Å². The van der Waals surface area contributed by atoms with Crippen molar-refractivity contribution in [2.45, 2.75) is 53.1 Å². The summed E-state index contributed by atoms with van der Waals surface area (Å²) >= 11 is 0. The molecule has 2 aromatic carbocycles. The molecule has 0 aliphatic rings. The molecule has 6 heteroatoms. The first-order valence-corrected chi connectivity index (χ1v) is 10.4. The molecule has 0 saturated carbocycles. The lowest BCUT2D eigenvalue weighted by Crippen LogP contribution is -2.31. The summed E-state index contributed by atoms with van der Waals surface area (Å²) in [6, 6.07) is 15.6. The summed E-state index contributed by atoms with van der Waals surface area (Å²) in [5, 5.41) is 9.30. The zero-order chi connectivity index (χ0) is 21.7. The highest BCUT2D eigenvalue weighted by atomic mass is 16.4. The molecule has 1 amide bonds. The lowest BCUT2D eigenvalue weighted by atomic mass is 10.1. The number of aryl methyl sites for hydroxylation is 1. The zero-order valence-corrected chi connectivity index (χ0v) is 17.8. The molecule has 6 nitrogen and oxygen atoms in total. The first kappa shape index (κ1) is 21.6. The number of carbonyl (C=O) groups excluding carboxylic acids is 1. The number of aliphatic carboxylic acids is 1. The molecule has 1 aromatic heterocycles. The van der Waals surface area contributed by atoms with Crippen LogP contribution in [0.25, 0.3) is 11.0 Å². The molecule has 0 spiro atoms. The summed E-state index contributed by atoms with van der Waals surface area (Å²) in [6.07, 6.45) is 2.04. The maximum atomic E-state index is 13.0. The Labute approximate surface area is 177 Å². The van der Waals surface area contributed by atoms with Crippen LogP contribution in [0.3, 0.4) is 0 Å². The van der Waals surface area contributed by atoms with Crippen LogP contribution in [0.5, 0.6) is 0 Å². The Morgan fingerprint density at radius 1 is 1.13 bits per heavy atom. The van der Waals surface area contributed by atoms with E-state index in [1.165, 1.54) is 0 Å². The molecule has 0 aliphatic carbocycles. The fourth-order valence-electron chi connectivity index (χ4n) is 3.61. The van der Waals surface area contributed by atoms with Crippen LogP contribution in [0.4, 0.5) is 5.69 Å². The van der Waals surface area contributed by atoms with Crippen LogP contribution in [-0.4, -0.2) is 26.5 Å². The van der Waals surface area contributed by atoms with E-state index in [4.69, 9.17) is 0 Å². The second-order valence-corrected chi connectivity index (χ2v) is 7.99. The second kappa shape index (κ2) is 9.57. The number of imidazole rings is 1. The quantitative estimate of drug-likeness (QED) is 0.560. The summed E-state index contributed by atoms with van der Waals surface area (Å²) in [5.74, 6) is 0.182. The fraction of sp³-hybridized carbons (Fsp3) is 0.375. The minimum Gasteiger partial charge on any atom is -0.480 e. The Morgan fingerprint density at radius 3 is 2.50 bits per heavy atom. The molecule has 0 bridgehead atoms. The van der Waals surface area contributed by atoms with Gasteiger partial charge in [-0.05, 0) is 36.1 Å². The van der Waals surface area contributed by atoms with Gasteiger partial charge in [-0.25, -0.2) is 4.98 Å². The Bertz CT molecular complexity index is 1020. The number of aromatic nitrogens is 2. The van der Waals surface area contributed by atoms with Crippen molar-refractivity contribution >= 4 is 28.6 Å². The molecule has 3 rings (SSSR count). The molecule has 0 radical (unpaired) electrons. The second-order valence-electron chi connectivity index (χ2n) is 7.99. The van der Waals surface area contributed by atoms with Gasteiger partial charge >= 0.3 is 5.97 Å². The molecule has 1 heterocycles. The van der Waals surface area contributed by atoms with Crippen molar-refractivity contribution in [3.63, 3.8) is 0 Å². The Kier molecular flexibility index (Phi) is 6.87. The van der Waals surface area contributed by atoms with Crippen molar-refractivity contribution in [1.29, 1.82) is 0 Å². The van der Waals surface area contributed by atoms with Gasteiger partial charge in [-0.15, -0.1) is 0 Å². The van der Waals surface area contributed by atoms with E-state index >= 15 is 0 Å². The molecule has 0 unspecified atom stereocenters. The fourth-order valence-corrected chi connectivity index (χ4v) is 3.61. The Morgan fingerprint density at radius 2 is 1.87 bits per heavy atom. The number of amides is 1. The lowest BCUT2D eigenvalue weighted by Gasteiger charge is -2.24. The van der Waals surface area contributed by atoms with Gasteiger partial charge in [0.2, 0.25) is 5.91 Å². The third-order valence-electron chi connectivity index (χ3n) is 4.96. The molecule has 3 aromatic rings. The van der Waals surface area contributed by atoms with E-state index in [0.717, 1.165) is 29.0 Å². The third-order valence-corrected chi connectivity index (χ3v) is 4.96. The van der Waals surface area contributed by atoms with Gasteiger partial charge in [0.05, 0.1) is 17.6 Å². The molecular formula is C24H29N3O3. The van der Waals surface area contributed by atoms with Crippen LogP contribution in [0.1, 0.15) is 45.0 Å². The van der Waals surface area contributed by atoms with Gasteiger partial charge in [0.25, 0.3) is 0 Å². The summed E-state index contributed by atoms with van der Waals surface area (Å²) in [5.41, 5.74) is 3.32. The smallest absolute Gasteiger partial charge is 0.323 e. The minimum atomic E-state index is -0.895. The SMILES string of the molecule is CCCc1nc2cc(N(Cc3ccccc3)C(=O)CC(C)C)ccc2n1CC(=O)O. The molecule has 158 valence electrons. The number of nitrogens with zero attached hydrogens (tertiary/aromatic N) is 3. The number of hydrogen-bond acceptors (Lipinski definition) is 3. The van der Waals surface area contributed by atoms with Gasteiger partial charge in [-0.2, -0.15) is 0 Å². The van der Waals surface area contributed by atoms with E-state index in [1.54, 1.807) is 9.47 Å². The van der Waals surface area contributed by atoms with Crippen molar-refractivity contribution in [3.05, 3.63) is 59.9 Å². The van der Waals surface area contributed by atoms with E-state index in [-0.39, 0.29) is 18.4 Å². The topological polar surface area (TPSA) is 75.4 Å². The highest BCUT2D eigenvalue weighted by Crippen LogP contribution is 2.26. The van der Waals surface area contributed by atoms with Crippen molar-refractivity contribution < 1.29 is 14.7 Å². The number of anilines is 1. The summed E-state index contributed by atoms with van der Waals surface area (Å²) in [6.45, 7) is 6.47. The van der Waals surface area contributed by atoms with Crippen LogP contribution in [-0.2, 0) is 29.1 Å². The standard InChI is InChI=1S/C24H29N3O3/c1-4-8-22-25-20-14-19(11-12-21(20)27(22)16-24(29)30)26(23(28)13-17(2)3)15-18-9-6-5-7-10-18/h5-7,9-12,14,17H,4,8,13,15-16H2,1-3H3,(H,29,30). The predicted octanol–water partition coefficient (Wildman–Crippen LogP) is 4.65. The first-order valence-electron chi connectivity index (χ1n) is 10.4. The third kappa shape index (κ3) is 5.06. The van der Waals surface area contributed by atoms with Crippen LogP contribution in [0.2, 0.25) is 0 Å². The van der Waals surface area contributed by atoms with Gasteiger partial charge in [0.1, 0.15) is 12.4 Å². The number of benzene rings is 2. The van der Waals surface area contributed by atoms with Crippen LogP contribution in [0, 0.1) is 5.92 Å². The Hall–Kier alpha value is -3.15. The molecule has 0 fully saturated rings. The average molecular weight is 408 g/mol. The monoisotopic (exact) mass is 407 g/mol. The maximum absolute atomic E-state index is 13.0. The molecule has 30 heavy (non-hydrogen) atoms. The summed E-state index contributed by atoms with van der Waals surface area (Å²) < 4.78 is 1.75. The molecule has 0 atom stereocenters. The normalized spacial score (nSPS) is 11.2. The first-order chi connectivity index (χ1) is 14.4. The van der Waals surface area contributed by atoms with Crippen molar-refractivity contribution in [2.75, 3.05) is 4.90 Å². The number of rotatable bonds is 9. The number of hydrogen-bond donors (Lipinski definition) is 1. The predicted molar refractivity (Wildman–Crippen MR) is 118 cm³/mol. The molecule has 1 N–H and O–H groups in total. The van der Waals surface area contributed by atoms with Gasteiger partial charge in [-0.1, -0.05) is 51.1 Å². The largest absolute Gasteiger partial charge is 0.480 e. The highest BCUT2D eigenvalue weighted by Gasteiger charge is 2.20. The summed E-state index contributed by atoms with van der Waals surface area (Å²) in [7, 11) is 0. The van der Waals surface area contributed by atoms with Crippen molar-refractivity contribution in [2.24, 2.45) is 5.92 Å². The van der Waals surface area contributed by atoms with Gasteiger partial charge in [-0.3, -0.25) is 9.59 Å². The van der Waals surface area contributed by atoms with Crippen molar-refractivity contribution in [3.8, 4) is 0 Å². The zero-order valence-electron chi connectivity index (χ0n) is 17.8. The van der Waals surface area contributed by atoms with Crippen LogP contribution >= 0.6 is 0 Å². The molecular weight excluding hydrogens is 378 g/mol. The van der Waals surface area contributed by atoms with E-state index < -0.39 is 5.97 Å². The van der Waals surface area contributed by atoms with Gasteiger partial charge in [0.15, 0.2) is 0 Å². The number of carboxylic acid groups (broad SMARTS) is 1. The number of carbonyl (C=O) groups is 2. The summed E-state index contributed by atoms with van der Waals surface area (Å²) in [4.78, 5) is 30.9. The number of fused-ring (bicyclic) bond motifs is 1. The van der Waals surface area contributed by atoms with Gasteiger partial charge < -0.3 is 14.6 Å². The van der Waals surface area contributed by atoms with Crippen molar-refractivity contribution in [1.82, 2.24) is 9.55 Å². The molecule has 0 saturated heterocycles. The number of carboxylic acids is 1. The van der Waals surface area contributed by atoms with Gasteiger partial charge in [0, 0.05) is 18.5 Å². The van der Waals surface area contributed by atoms with E-state index in [9.17, 15) is 14.7 Å². The lowest BCUT2D eigenvalue weighted by molar-refractivity contribution is -0.137. The van der Waals surface area contributed by atoms with E-state index in [0.29, 0.717) is 24.9 Å². The Balaban J connectivity index is 2.02. The van der Waals surface area contributed by atoms with Crippen LogP contribution in [0.15, 0.2) is 48.5 Å². The van der Waals surface area contributed by atoms with Crippen LogP contribution < -0.4 is 4.90 Å². The average Bonchev–Trinajstić information content (AvgIpc) is 3.02. The molecule has 0 aliphatic heterocycles. The van der Waals surface area contributed by atoms with E-state index in [1.807, 2.05) is 69.3 Å². The minimum absolute atomic E-state index is 0.0620. The highest BCUT2D eigenvalue weighted by molar-refractivity contribution is 5.95.